The van der Waals surface area contributed by atoms with E-state index >= 15 is 0 Å². The molecule has 25 heavy (non-hydrogen) atoms. The zero-order chi connectivity index (χ0) is 17.8. The third-order valence-corrected chi connectivity index (χ3v) is 4.51. The van der Waals surface area contributed by atoms with Crippen LogP contribution in [-0.2, 0) is 4.79 Å². The number of hydrogen-bond donors (Lipinski definition) is 1. The molecule has 2 aromatic carbocycles. The molecule has 4 nitrogen and oxygen atoms in total. The SMILES string of the molecule is CCN(CC)c1ccc(/C=C2/NC(=S)N(c3ccccc3)C2=O)cc1. The Morgan fingerprint density at radius 1 is 1.04 bits per heavy atom. The molecule has 1 aliphatic heterocycles. The topological polar surface area (TPSA) is 35.6 Å². The zero-order valence-corrected chi connectivity index (χ0v) is 15.2. The van der Waals surface area contributed by atoms with Crippen molar-refractivity contribution in [3.05, 3.63) is 65.9 Å². The van der Waals surface area contributed by atoms with Crippen molar-refractivity contribution in [1.82, 2.24) is 5.32 Å². The van der Waals surface area contributed by atoms with E-state index in [9.17, 15) is 4.79 Å². The third-order valence-electron chi connectivity index (χ3n) is 4.23. The van der Waals surface area contributed by atoms with Crippen LogP contribution >= 0.6 is 12.2 Å². The molecule has 0 aliphatic carbocycles. The second kappa shape index (κ2) is 7.49. The van der Waals surface area contributed by atoms with E-state index in [1.807, 2.05) is 48.5 Å². The van der Waals surface area contributed by atoms with E-state index in [0.717, 1.165) is 24.3 Å². The van der Waals surface area contributed by atoms with Crippen LogP contribution in [0.3, 0.4) is 0 Å². The van der Waals surface area contributed by atoms with E-state index in [2.05, 4.69) is 36.2 Å². The highest BCUT2D eigenvalue weighted by atomic mass is 32.1. The Kier molecular flexibility index (Phi) is 5.14. The molecular formula is C20H21N3OS. The smallest absolute Gasteiger partial charge is 0.281 e. The lowest BCUT2D eigenvalue weighted by Crippen LogP contribution is -2.30. The quantitative estimate of drug-likeness (QED) is 0.657. The lowest BCUT2D eigenvalue weighted by molar-refractivity contribution is -0.113. The molecule has 1 N–H and O–H groups in total. The highest BCUT2D eigenvalue weighted by Gasteiger charge is 2.31. The molecule has 0 radical (unpaired) electrons. The largest absolute Gasteiger partial charge is 0.372 e. The van der Waals surface area contributed by atoms with Gasteiger partial charge in [0.2, 0.25) is 0 Å². The van der Waals surface area contributed by atoms with Gasteiger partial charge in [0.25, 0.3) is 5.91 Å². The number of hydrogen-bond acceptors (Lipinski definition) is 3. The number of carbonyl (C=O) groups excluding carboxylic acids is 1. The van der Waals surface area contributed by atoms with Gasteiger partial charge in [-0.05, 0) is 62.0 Å². The van der Waals surface area contributed by atoms with Gasteiger partial charge in [0.05, 0.1) is 5.69 Å². The summed E-state index contributed by atoms with van der Waals surface area (Å²) in [4.78, 5) is 16.5. The standard InChI is InChI=1S/C20H21N3OS/c1-3-22(4-2)16-12-10-15(11-13-16)14-18-19(24)23(20(25)21-18)17-8-6-5-7-9-17/h5-14H,3-4H2,1-2H3,(H,21,25)/b18-14+. The Labute approximate surface area is 153 Å². The van der Waals surface area contributed by atoms with Gasteiger partial charge < -0.3 is 10.2 Å². The second-order valence-electron chi connectivity index (χ2n) is 5.73. The fraction of sp³-hybridized carbons (Fsp3) is 0.200. The van der Waals surface area contributed by atoms with E-state index in [0.29, 0.717) is 10.8 Å². The van der Waals surface area contributed by atoms with Crippen molar-refractivity contribution in [3.8, 4) is 0 Å². The second-order valence-corrected chi connectivity index (χ2v) is 6.11. The highest BCUT2D eigenvalue weighted by molar-refractivity contribution is 7.80. The number of carbonyl (C=O) groups is 1. The predicted molar refractivity (Wildman–Crippen MR) is 108 cm³/mol. The summed E-state index contributed by atoms with van der Waals surface area (Å²) >= 11 is 5.33. The minimum absolute atomic E-state index is 0.135. The van der Waals surface area contributed by atoms with Crippen LogP contribution in [0, 0.1) is 0 Å². The Morgan fingerprint density at radius 3 is 2.28 bits per heavy atom. The van der Waals surface area contributed by atoms with Crippen molar-refractivity contribution in [2.75, 3.05) is 22.9 Å². The van der Waals surface area contributed by atoms with Gasteiger partial charge >= 0.3 is 0 Å². The predicted octanol–water partition coefficient (Wildman–Crippen LogP) is 3.80. The minimum atomic E-state index is -0.135. The summed E-state index contributed by atoms with van der Waals surface area (Å²) in [5.41, 5.74) is 3.40. The number of thiocarbonyl (C=S) groups is 1. The summed E-state index contributed by atoms with van der Waals surface area (Å²) in [5.74, 6) is -0.135. The third kappa shape index (κ3) is 3.56. The lowest BCUT2D eigenvalue weighted by atomic mass is 10.1. The minimum Gasteiger partial charge on any atom is -0.372 e. The number of benzene rings is 2. The Morgan fingerprint density at radius 2 is 1.68 bits per heavy atom. The van der Waals surface area contributed by atoms with Crippen LogP contribution in [0.2, 0.25) is 0 Å². The fourth-order valence-electron chi connectivity index (χ4n) is 2.88. The molecule has 3 rings (SSSR count). The molecule has 5 heteroatoms. The molecule has 2 aromatic rings. The van der Waals surface area contributed by atoms with Gasteiger partial charge in [-0.25, -0.2) is 0 Å². The van der Waals surface area contributed by atoms with Crippen molar-refractivity contribution in [2.45, 2.75) is 13.8 Å². The van der Waals surface area contributed by atoms with Gasteiger partial charge in [-0.1, -0.05) is 30.3 Å². The highest BCUT2D eigenvalue weighted by Crippen LogP contribution is 2.23. The van der Waals surface area contributed by atoms with Crippen LogP contribution in [0.5, 0.6) is 0 Å². The Balaban J connectivity index is 1.82. The first kappa shape index (κ1) is 17.2. The number of para-hydroxylation sites is 1. The van der Waals surface area contributed by atoms with E-state index in [4.69, 9.17) is 12.2 Å². The normalized spacial score (nSPS) is 15.6. The fourth-order valence-corrected chi connectivity index (χ4v) is 3.18. The van der Waals surface area contributed by atoms with Crippen LogP contribution in [0.1, 0.15) is 19.4 Å². The molecule has 1 saturated heterocycles. The number of nitrogens with zero attached hydrogens (tertiary/aromatic N) is 2. The van der Waals surface area contributed by atoms with Crippen molar-refractivity contribution in [3.63, 3.8) is 0 Å². The summed E-state index contributed by atoms with van der Waals surface area (Å²) in [6.45, 7) is 6.22. The molecule has 128 valence electrons. The van der Waals surface area contributed by atoms with E-state index in [-0.39, 0.29) is 5.91 Å². The van der Waals surface area contributed by atoms with Crippen molar-refractivity contribution in [1.29, 1.82) is 0 Å². The summed E-state index contributed by atoms with van der Waals surface area (Å²) in [5, 5.41) is 3.42. The monoisotopic (exact) mass is 351 g/mol. The van der Waals surface area contributed by atoms with Crippen LogP contribution in [-0.4, -0.2) is 24.1 Å². The first-order valence-corrected chi connectivity index (χ1v) is 8.82. The average Bonchev–Trinajstić information content (AvgIpc) is 2.91. The molecule has 0 bridgehead atoms. The first-order valence-electron chi connectivity index (χ1n) is 8.41. The summed E-state index contributed by atoms with van der Waals surface area (Å²) in [7, 11) is 0. The maximum absolute atomic E-state index is 12.7. The van der Waals surface area contributed by atoms with Crippen molar-refractivity contribution in [2.24, 2.45) is 0 Å². The van der Waals surface area contributed by atoms with Crippen LogP contribution in [0.15, 0.2) is 60.3 Å². The van der Waals surface area contributed by atoms with Crippen LogP contribution < -0.4 is 15.1 Å². The molecule has 0 saturated carbocycles. The Hall–Kier alpha value is -2.66. The van der Waals surface area contributed by atoms with E-state index in [1.165, 1.54) is 10.6 Å². The molecule has 0 aromatic heterocycles. The van der Waals surface area contributed by atoms with Gasteiger partial charge in [0, 0.05) is 18.8 Å². The molecular weight excluding hydrogens is 330 g/mol. The van der Waals surface area contributed by atoms with Gasteiger partial charge in [-0.2, -0.15) is 0 Å². The molecule has 1 amide bonds. The van der Waals surface area contributed by atoms with Crippen molar-refractivity contribution >= 4 is 40.7 Å². The van der Waals surface area contributed by atoms with Gasteiger partial charge in [0.1, 0.15) is 5.70 Å². The van der Waals surface area contributed by atoms with Gasteiger partial charge in [-0.15, -0.1) is 0 Å². The molecule has 0 spiro atoms. The van der Waals surface area contributed by atoms with Gasteiger partial charge in [0.15, 0.2) is 5.11 Å². The Bertz CT molecular complexity index is 795. The van der Waals surface area contributed by atoms with Gasteiger partial charge in [-0.3, -0.25) is 9.69 Å². The first-order chi connectivity index (χ1) is 12.1. The molecule has 1 heterocycles. The zero-order valence-electron chi connectivity index (χ0n) is 14.4. The molecule has 0 unspecified atom stereocenters. The van der Waals surface area contributed by atoms with E-state index < -0.39 is 0 Å². The molecule has 1 aliphatic rings. The van der Waals surface area contributed by atoms with Crippen molar-refractivity contribution < 1.29 is 4.79 Å². The average molecular weight is 351 g/mol. The van der Waals surface area contributed by atoms with E-state index in [1.54, 1.807) is 0 Å². The van der Waals surface area contributed by atoms with Crippen LogP contribution in [0.25, 0.3) is 6.08 Å². The number of amides is 1. The number of rotatable bonds is 5. The maximum atomic E-state index is 12.7. The summed E-state index contributed by atoms with van der Waals surface area (Å²) in [6, 6.07) is 17.6. The molecule has 1 fully saturated rings. The number of anilines is 2. The summed E-state index contributed by atoms with van der Waals surface area (Å²) < 4.78 is 0. The lowest BCUT2D eigenvalue weighted by Gasteiger charge is -2.20. The molecule has 0 atom stereocenters. The summed E-state index contributed by atoms with van der Waals surface area (Å²) in [6.07, 6.45) is 1.84. The van der Waals surface area contributed by atoms with Crippen LogP contribution in [0.4, 0.5) is 11.4 Å². The number of nitrogens with one attached hydrogen (secondary N) is 1. The maximum Gasteiger partial charge on any atom is 0.281 e.